The molecule has 0 unspecified atom stereocenters. The molecule has 0 saturated carbocycles. The third-order valence-corrected chi connectivity index (χ3v) is 6.88. The van der Waals surface area contributed by atoms with Gasteiger partial charge >= 0.3 is 0 Å². The third kappa shape index (κ3) is 4.19. The van der Waals surface area contributed by atoms with Gasteiger partial charge in [0.1, 0.15) is 11.2 Å². The number of H-pyrrole nitrogens is 1. The minimum Gasteiger partial charge on any atom is -0.365 e. The van der Waals surface area contributed by atoms with Gasteiger partial charge in [-0.2, -0.15) is 4.39 Å². The molecule has 8 nitrogen and oxygen atoms in total. The van der Waals surface area contributed by atoms with Crippen LogP contribution in [0.3, 0.4) is 0 Å². The van der Waals surface area contributed by atoms with Gasteiger partial charge in [-0.25, -0.2) is 23.1 Å². The minimum absolute atomic E-state index is 0.00813. The summed E-state index contributed by atoms with van der Waals surface area (Å²) in [4.78, 5) is 37.5. The molecule has 0 spiro atoms. The van der Waals surface area contributed by atoms with Gasteiger partial charge in [0.15, 0.2) is 11.5 Å². The summed E-state index contributed by atoms with van der Waals surface area (Å²) in [5.41, 5.74) is 0.176. The lowest BCUT2D eigenvalue weighted by Gasteiger charge is -2.36. The molecule has 1 saturated heterocycles. The molecule has 3 heterocycles. The Balaban J connectivity index is 1.38. The molecule has 2 N–H and O–H groups in total. The number of nitrogens with zero attached hydrogens (tertiary/aromatic N) is 4. The van der Waals surface area contributed by atoms with E-state index in [9.17, 15) is 22.8 Å². The number of halogens is 4. The Labute approximate surface area is 203 Å². The second kappa shape index (κ2) is 9.49. The SMILES string of the molecule is CNC(=O)c1ccc(N2CCN(Cc3c4c(c5nc(C(F)F)c(=O)[nH]c5c3F)CCC4)CC2)c(F)n1. The van der Waals surface area contributed by atoms with Crippen molar-refractivity contribution in [2.24, 2.45) is 0 Å². The van der Waals surface area contributed by atoms with Gasteiger partial charge < -0.3 is 15.2 Å². The van der Waals surface area contributed by atoms with Gasteiger partial charge in [0.2, 0.25) is 5.95 Å². The molecule has 1 aliphatic heterocycles. The zero-order valence-corrected chi connectivity index (χ0v) is 19.5. The first-order valence-electron chi connectivity index (χ1n) is 11.7. The molecular formula is C24H24F4N6O2. The average molecular weight is 504 g/mol. The van der Waals surface area contributed by atoms with Crippen LogP contribution in [0.25, 0.3) is 11.0 Å². The van der Waals surface area contributed by atoms with Crippen LogP contribution in [0.1, 0.15) is 45.7 Å². The molecule has 5 rings (SSSR count). The van der Waals surface area contributed by atoms with Crippen molar-refractivity contribution < 1.29 is 22.4 Å². The van der Waals surface area contributed by atoms with Crippen LogP contribution in [0, 0.1) is 11.8 Å². The maximum absolute atomic E-state index is 15.6. The molecule has 1 aliphatic carbocycles. The topological polar surface area (TPSA) is 94.2 Å². The summed E-state index contributed by atoms with van der Waals surface area (Å²) >= 11 is 0. The Morgan fingerprint density at radius 2 is 1.83 bits per heavy atom. The van der Waals surface area contributed by atoms with Gasteiger partial charge in [-0.1, -0.05) is 0 Å². The fourth-order valence-corrected chi connectivity index (χ4v) is 5.06. The number of alkyl halides is 2. The second-order valence-corrected chi connectivity index (χ2v) is 8.93. The summed E-state index contributed by atoms with van der Waals surface area (Å²) in [6.45, 7) is 2.23. The highest BCUT2D eigenvalue weighted by molar-refractivity contribution is 5.92. The molecule has 1 fully saturated rings. The molecule has 0 bridgehead atoms. The fourth-order valence-electron chi connectivity index (χ4n) is 5.06. The molecule has 1 amide bonds. The van der Waals surface area contributed by atoms with Gasteiger partial charge in [0.25, 0.3) is 17.9 Å². The van der Waals surface area contributed by atoms with Crippen molar-refractivity contribution in [1.82, 2.24) is 25.2 Å². The van der Waals surface area contributed by atoms with Crippen LogP contribution in [-0.4, -0.2) is 59.0 Å². The molecule has 1 aromatic carbocycles. The molecule has 0 atom stereocenters. The van der Waals surface area contributed by atoms with Crippen molar-refractivity contribution >= 4 is 22.6 Å². The highest BCUT2D eigenvalue weighted by Gasteiger charge is 2.29. The number of piperazine rings is 1. The third-order valence-electron chi connectivity index (χ3n) is 6.88. The second-order valence-electron chi connectivity index (χ2n) is 8.93. The summed E-state index contributed by atoms with van der Waals surface area (Å²) in [5, 5.41) is 2.40. The van der Waals surface area contributed by atoms with Gasteiger partial charge in [0.05, 0.1) is 11.2 Å². The number of hydrogen-bond acceptors (Lipinski definition) is 6. The number of benzene rings is 1. The molecule has 2 aliphatic rings. The highest BCUT2D eigenvalue weighted by atomic mass is 19.3. The van der Waals surface area contributed by atoms with E-state index in [-0.39, 0.29) is 23.3 Å². The van der Waals surface area contributed by atoms with Crippen molar-refractivity contribution in [3.63, 3.8) is 0 Å². The number of pyridine rings is 1. The predicted octanol–water partition coefficient (Wildman–Crippen LogP) is 2.70. The van der Waals surface area contributed by atoms with Gasteiger partial charge in [-0.15, -0.1) is 0 Å². The monoisotopic (exact) mass is 504 g/mol. The van der Waals surface area contributed by atoms with Crippen LogP contribution < -0.4 is 15.8 Å². The zero-order valence-electron chi connectivity index (χ0n) is 19.5. The molecule has 3 aromatic rings. The maximum Gasteiger partial charge on any atom is 0.285 e. The van der Waals surface area contributed by atoms with E-state index in [1.165, 1.54) is 19.2 Å². The number of aromatic amines is 1. The number of aromatic nitrogens is 3. The van der Waals surface area contributed by atoms with Crippen LogP contribution in [0.2, 0.25) is 0 Å². The summed E-state index contributed by atoms with van der Waals surface area (Å²) in [6, 6.07) is 2.99. The van der Waals surface area contributed by atoms with E-state index in [0.717, 1.165) is 12.0 Å². The molecule has 2 aromatic heterocycles. The number of rotatable bonds is 5. The van der Waals surface area contributed by atoms with E-state index >= 15 is 4.39 Å². The molecule has 36 heavy (non-hydrogen) atoms. The highest BCUT2D eigenvalue weighted by Crippen LogP contribution is 2.35. The summed E-state index contributed by atoms with van der Waals surface area (Å²) in [6.07, 6.45) is -1.11. The first kappa shape index (κ1) is 24.2. The smallest absolute Gasteiger partial charge is 0.285 e. The lowest BCUT2D eigenvalue weighted by Crippen LogP contribution is -2.46. The zero-order chi connectivity index (χ0) is 25.6. The Kier molecular flexibility index (Phi) is 6.37. The van der Waals surface area contributed by atoms with Crippen molar-refractivity contribution in [2.45, 2.75) is 32.2 Å². The number of carbonyl (C=O) groups excluding carboxylic acids is 1. The lowest BCUT2D eigenvalue weighted by atomic mass is 9.99. The van der Waals surface area contributed by atoms with E-state index < -0.39 is 35.4 Å². The number of aryl methyl sites for hydroxylation is 1. The predicted molar refractivity (Wildman–Crippen MR) is 124 cm³/mol. The first-order chi connectivity index (χ1) is 17.3. The van der Waals surface area contributed by atoms with Gasteiger partial charge in [0, 0.05) is 45.3 Å². The standard InChI is InChI=1S/C24H24F4N6O2/c1-29-23(35)15-5-6-16(22(28)30-15)34-9-7-33(8-10-34)11-14-12-3-2-4-13(12)18-19(17(14)25)32-24(36)20(31-18)21(26)27/h5-6,21H,2-4,7-11H2,1H3,(H,29,35)(H,32,36). The van der Waals surface area contributed by atoms with Gasteiger partial charge in [-0.05, 0) is 42.5 Å². The number of carbonyl (C=O) groups is 1. The number of anilines is 1. The summed E-state index contributed by atoms with van der Waals surface area (Å²) < 4.78 is 56.6. The normalized spacial score (nSPS) is 16.1. The Hall–Kier alpha value is -3.54. The van der Waals surface area contributed by atoms with E-state index in [4.69, 9.17) is 0 Å². The number of nitrogens with one attached hydrogen (secondary N) is 2. The molecule has 0 radical (unpaired) electrons. The van der Waals surface area contributed by atoms with Crippen LogP contribution in [0.5, 0.6) is 0 Å². The van der Waals surface area contributed by atoms with E-state index in [1.807, 2.05) is 9.80 Å². The van der Waals surface area contributed by atoms with Crippen molar-refractivity contribution in [1.29, 1.82) is 0 Å². The minimum atomic E-state index is -3.05. The largest absolute Gasteiger partial charge is 0.365 e. The number of amides is 1. The number of fused-ring (bicyclic) bond motifs is 3. The van der Waals surface area contributed by atoms with Crippen LogP contribution in [0.15, 0.2) is 16.9 Å². The molecule has 190 valence electrons. The Morgan fingerprint density at radius 3 is 2.50 bits per heavy atom. The van der Waals surface area contributed by atoms with E-state index in [1.54, 1.807) is 0 Å². The Morgan fingerprint density at radius 1 is 1.11 bits per heavy atom. The van der Waals surface area contributed by atoms with Crippen molar-refractivity contribution in [3.05, 3.63) is 62.3 Å². The van der Waals surface area contributed by atoms with Crippen molar-refractivity contribution in [3.8, 4) is 0 Å². The fraction of sp³-hybridized carbons (Fsp3) is 0.417. The number of hydrogen-bond donors (Lipinski definition) is 2. The quantitative estimate of drug-likeness (QED) is 0.410. The van der Waals surface area contributed by atoms with Crippen molar-refractivity contribution in [2.75, 3.05) is 38.1 Å². The van der Waals surface area contributed by atoms with E-state index in [0.29, 0.717) is 55.8 Å². The summed E-state index contributed by atoms with van der Waals surface area (Å²) in [5.74, 6) is -1.85. The van der Waals surface area contributed by atoms with Gasteiger partial charge in [-0.3, -0.25) is 14.5 Å². The average Bonchev–Trinajstić information content (AvgIpc) is 3.36. The van der Waals surface area contributed by atoms with Crippen LogP contribution in [0.4, 0.5) is 23.2 Å². The lowest BCUT2D eigenvalue weighted by molar-refractivity contribution is 0.0957. The Bertz CT molecular complexity index is 1400. The van der Waals surface area contributed by atoms with Crippen LogP contribution >= 0.6 is 0 Å². The maximum atomic E-state index is 15.6. The van der Waals surface area contributed by atoms with Crippen LogP contribution in [-0.2, 0) is 19.4 Å². The first-order valence-corrected chi connectivity index (χ1v) is 11.7. The van der Waals surface area contributed by atoms with E-state index in [2.05, 4.69) is 20.3 Å². The summed E-state index contributed by atoms with van der Waals surface area (Å²) in [7, 11) is 1.44. The molecular weight excluding hydrogens is 480 g/mol. The molecule has 12 heteroatoms.